The minimum atomic E-state index is -1.06. The van der Waals surface area contributed by atoms with Crippen LogP contribution in [0.3, 0.4) is 0 Å². The first kappa shape index (κ1) is 16.9. The molecule has 1 N–H and O–H groups in total. The molecule has 1 rings (SSSR count). The minimum absolute atomic E-state index is 0.124. The van der Waals surface area contributed by atoms with Crippen LogP contribution in [0.5, 0.6) is 0 Å². The van der Waals surface area contributed by atoms with E-state index in [0.29, 0.717) is 0 Å². The van der Waals surface area contributed by atoms with Gasteiger partial charge in [-0.3, -0.25) is 14.4 Å². The molecule has 0 aromatic carbocycles. The number of cyclic esters (lactones) is 1. The molecule has 0 radical (unpaired) electrons. The smallest absolute Gasteiger partial charge is 0.416 e. The van der Waals surface area contributed by atoms with Gasteiger partial charge in [0.25, 0.3) is 0 Å². The summed E-state index contributed by atoms with van der Waals surface area (Å²) in [7, 11) is 0. The second kappa shape index (κ2) is 7.61. The Kier molecular flexibility index (Phi) is 6.13. The van der Waals surface area contributed by atoms with Gasteiger partial charge in [-0.1, -0.05) is 6.92 Å². The Hall–Kier alpha value is -2.12. The maximum Gasteiger partial charge on any atom is 0.416 e. The first-order valence-electron chi connectivity index (χ1n) is 6.72. The van der Waals surface area contributed by atoms with Gasteiger partial charge in [-0.15, -0.1) is 0 Å². The number of nitrogens with zero attached hydrogens (tertiary/aromatic N) is 1. The largest absolute Gasteiger partial charge is 0.481 e. The summed E-state index contributed by atoms with van der Waals surface area (Å²) >= 11 is 0. The van der Waals surface area contributed by atoms with Crippen LogP contribution in [0.15, 0.2) is 0 Å². The highest BCUT2D eigenvalue weighted by molar-refractivity contribution is 5.94. The molecule has 2 amide bonds. The summed E-state index contributed by atoms with van der Waals surface area (Å²) in [6, 6.07) is 0. The number of imide groups is 1. The lowest BCUT2D eigenvalue weighted by molar-refractivity contribution is -0.153. The van der Waals surface area contributed by atoms with Crippen molar-refractivity contribution in [1.29, 1.82) is 0 Å². The first-order chi connectivity index (χ1) is 9.86. The number of amides is 2. The van der Waals surface area contributed by atoms with Gasteiger partial charge in [0, 0.05) is 12.8 Å². The number of ether oxygens (including phenoxy) is 2. The maximum atomic E-state index is 12.0. The zero-order valence-electron chi connectivity index (χ0n) is 12.0. The minimum Gasteiger partial charge on any atom is -0.481 e. The van der Waals surface area contributed by atoms with Crippen LogP contribution in [-0.4, -0.2) is 53.7 Å². The normalized spacial score (nSPS) is 17.0. The van der Waals surface area contributed by atoms with E-state index in [2.05, 4.69) is 4.74 Å². The molecule has 0 saturated carbocycles. The number of carbonyl (C=O) groups excluding carboxylic acids is 3. The number of rotatable bonds is 7. The van der Waals surface area contributed by atoms with E-state index >= 15 is 0 Å². The van der Waals surface area contributed by atoms with E-state index in [-0.39, 0.29) is 32.6 Å². The van der Waals surface area contributed by atoms with Crippen molar-refractivity contribution in [3.63, 3.8) is 0 Å². The van der Waals surface area contributed by atoms with Crippen molar-refractivity contribution >= 4 is 23.9 Å². The second-order valence-corrected chi connectivity index (χ2v) is 4.80. The summed E-state index contributed by atoms with van der Waals surface area (Å²) in [4.78, 5) is 46.9. The van der Waals surface area contributed by atoms with Gasteiger partial charge in [0.1, 0.15) is 6.61 Å². The summed E-state index contributed by atoms with van der Waals surface area (Å²) in [5, 5.41) is 8.81. The molecule has 1 fully saturated rings. The van der Waals surface area contributed by atoms with Crippen molar-refractivity contribution in [2.24, 2.45) is 11.8 Å². The Morgan fingerprint density at radius 3 is 2.52 bits per heavy atom. The lowest BCUT2D eigenvalue weighted by Gasteiger charge is -2.22. The third-order valence-corrected chi connectivity index (χ3v) is 3.23. The van der Waals surface area contributed by atoms with Gasteiger partial charge < -0.3 is 14.6 Å². The molecule has 0 bridgehead atoms. The summed E-state index contributed by atoms with van der Waals surface area (Å²) in [6.07, 6.45) is -1.28. The summed E-state index contributed by atoms with van der Waals surface area (Å²) < 4.78 is 9.54. The van der Waals surface area contributed by atoms with Crippen LogP contribution in [-0.2, 0) is 23.9 Å². The van der Waals surface area contributed by atoms with Crippen molar-refractivity contribution < 1.29 is 33.8 Å². The van der Waals surface area contributed by atoms with E-state index < -0.39 is 35.8 Å². The fourth-order valence-electron chi connectivity index (χ4n) is 2.10. The lowest BCUT2D eigenvalue weighted by Crippen LogP contribution is -2.36. The zero-order valence-corrected chi connectivity index (χ0v) is 12.0. The van der Waals surface area contributed by atoms with Crippen LogP contribution in [0, 0.1) is 11.8 Å². The van der Waals surface area contributed by atoms with Crippen molar-refractivity contribution in [3.8, 4) is 0 Å². The number of esters is 1. The molecule has 0 aromatic rings. The van der Waals surface area contributed by atoms with Crippen LogP contribution >= 0.6 is 0 Å². The third kappa shape index (κ3) is 4.73. The van der Waals surface area contributed by atoms with Crippen molar-refractivity contribution in [1.82, 2.24) is 4.90 Å². The average molecular weight is 301 g/mol. The molecule has 2 atom stereocenters. The number of aliphatic carboxylic acids is 1. The molecule has 0 spiro atoms. The lowest BCUT2D eigenvalue weighted by atomic mass is 9.88. The molecule has 118 valence electrons. The first-order valence-corrected chi connectivity index (χ1v) is 6.72. The van der Waals surface area contributed by atoms with Crippen molar-refractivity contribution in [3.05, 3.63) is 0 Å². The monoisotopic (exact) mass is 301 g/mol. The van der Waals surface area contributed by atoms with Crippen LogP contribution in [0.2, 0.25) is 0 Å². The summed E-state index contributed by atoms with van der Waals surface area (Å²) in [6.45, 7) is 3.58. The summed E-state index contributed by atoms with van der Waals surface area (Å²) in [5.41, 5.74) is 0. The molecule has 0 unspecified atom stereocenters. The van der Waals surface area contributed by atoms with Crippen molar-refractivity contribution in [2.75, 3.05) is 19.8 Å². The van der Waals surface area contributed by atoms with E-state index in [9.17, 15) is 19.2 Å². The van der Waals surface area contributed by atoms with E-state index in [4.69, 9.17) is 9.84 Å². The van der Waals surface area contributed by atoms with Crippen LogP contribution in [0.1, 0.15) is 26.7 Å². The average Bonchev–Trinajstić information content (AvgIpc) is 2.81. The molecular weight excluding hydrogens is 282 g/mol. The van der Waals surface area contributed by atoms with Crippen molar-refractivity contribution in [2.45, 2.75) is 26.7 Å². The molecule has 0 aliphatic carbocycles. The maximum absolute atomic E-state index is 12.0. The highest BCUT2D eigenvalue weighted by atomic mass is 16.6. The predicted octanol–water partition coefficient (Wildman–Crippen LogP) is 0.645. The third-order valence-electron chi connectivity index (χ3n) is 3.23. The van der Waals surface area contributed by atoms with Gasteiger partial charge in [0.05, 0.1) is 19.1 Å². The molecule has 1 heterocycles. The molecular formula is C13H19NO7. The molecule has 0 aromatic heterocycles. The number of hydrogen-bond acceptors (Lipinski definition) is 6. The van der Waals surface area contributed by atoms with E-state index in [0.717, 1.165) is 4.90 Å². The Balaban J connectivity index is 2.76. The fourth-order valence-corrected chi connectivity index (χ4v) is 2.10. The SMILES string of the molecule is CCOC(=O)[C@@H](CC(=O)N1CCOC1=O)[C@H](C)CC(=O)O. The highest BCUT2D eigenvalue weighted by Crippen LogP contribution is 2.23. The summed E-state index contributed by atoms with van der Waals surface area (Å²) in [5.74, 6) is -3.74. The van der Waals surface area contributed by atoms with Gasteiger partial charge in [-0.25, -0.2) is 9.69 Å². The fraction of sp³-hybridized carbons (Fsp3) is 0.692. The quantitative estimate of drug-likeness (QED) is 0.687. The Labute approximate surface area is 122 Å². The molecule has 1 saturated heterocycles. The Morgan fingerprint density at radius 2 is 2.05 bits per heavy atom. The van der Waals surface area contributed by atoms with Crippen LogP contribution in [0.25, 0.3) is 0 Å². The standard InChI is InChI=1S/C13H19NO7/c1-3-20-12(18)9(8(2)6-11(16)17)7-10(15)14-4-5-21-13(14)19/h8-9H,3-7H2,1-2H3,(H,16,17)/t8-,9+/m1/s1. The van der Waals surface area contributed by atoms with E-state index in [1.54, 1.807) is 13.8 Å². The number of carboxylic acids is 1. The molecule has 1 aliphatic heterocycles. The molecule has 1 aliphatic rings. The van der Waals surface area contributed by atoms with Gasteiger partial charge in [0.15, 0.2) is 0 Å². The zero-order chi connectivity index (χ0) is 16.0. The predicted molar refractivity (Wildman–Crippen MR) is 69.2 cm³/mol. The van der Waals surface area contributed by atoms with Crippen LogP contribution in [0.4, 0.5) is 4.79 Å². The van der Waals surface area contributed by atoms with Crippen LogP contribution < -0.4 is 0 Å². The van der Waals surface area contributed by atoms with E-state index in [1.807, 2.05) is 0 Å². The number of carbonyl (C=O) groups is 4. The van der Waals surface area contributed by atoms with Gasteiger partial charge in [-0.05, 0) is 12.8 Å². The van der Waals surface area contributed by atoms with E-state index in [1.165, 1.54) is 0 Å². The Morgan fingerprint density at radius 1 is 1.38 bits per heavy atom. The number of hydrogen-bond donors (Lipinski definition) is 1. The topological polar surface area (TPSA) is 110 Å². The molecule has 21 heavy (non-hydrogen) atoms. The Bertz CT molecular complexity index is 434. The number of carboxylic acid groups (broad SMARTS) is 1. The van der Waals surface area contributed by atoms with Gasteiger partial charge >= 0.3 is 18.0 Å². The van der Waals surface area contributed by atoms with Gasteiger partial charge in [-0.2, -0.15) is 0 Å². The molecule has 8 heteroatoms. The highest BCUT2D eigenvalue weighted by Gasteiger charge is 2.35. The second-order valence-electron chi connectivity index (χ2n) is 4.80. The molecule has 8 nitrogen and oxygen atoms in total. The van der Waals surface area contributed by atoms with Gasteiger partial charge in [0.2, 0.25) is 5.91 Å².